The van der Waals surface area contributed by atoms with Crippen LogP contribution in [0.15, 0.2) is 48.7 Å². The van der Waals surface area contributed by atoms with Crippen molar-refractivity contribution in [2.75, 3.05) is 20.1 Å². The molecule has 2 aliphatic rings. The van der Waals surface area contributed by atoms with Crippen molar-refractivity contribution in [3.05, 3.63) is 54.5 Å². The minimum Gasteiger partial charge on any atom is -0.349 e. The number of aryl methyl sites for hydroxylation is 1. The normalized spacial score (nSPS) is 20.2. The first-order valence-corrected chi connectivity index (χ1v) is 11.5. The SMILES string of the molecule is CN1CCC2(CC1)C[C@@H]2C(=O)NCc1ncc(-c2ccc3c(c2)c2ccccc2n3C)[nH]1. The van der Waals surface area contributed by atoms with Gasteiger partial charge in [-0.2, -0.15) is 0 Å². The van der Waals surface area contributed by atoms with Gasteiger partial charge in [-0.25, -0.2) is 4.98 Å². The summed E-state index contributed by atoms with van der Waals surface area (Å²) in [6.07, 6.45) is 5.19. The van der Waals surface area contributed by atoms with Crippen molar-refractivity contribution in [3.63, 3.8) is 0 Å². The Kier molecular flexibility index (Phi) is 4.40. The van der Waals surface area contributed by atoms with E-state index in [4.69, 9.17) is 0 Å². The van der Waals surface area contributed by atoms with E-state index in [9.17, 15) is 4.79 Å². The third-order valence-electron chi connectivity index (χ3n) is 7.77. The average molecular weight is 428 g/mol. The topological polar surface area (TPSA) is 66.0 Å². The monoisotopic (exact) mass is 427 g/mol. The lowest BCUT2D eigenvalue weighted by Gasteiger charge is -2.29. The second kappa shape index (κ2) is 7.20. The Labute approximate surface area is 187 Å². The van der Waals surface area contributed by atoms with Crippen LogP contribution in [0.25, 0.3) is 33.1 Å². The maximum atomic E-state index is 12.7. The number of aromatic nitrogens is 3. The van der Waals surface area contributed by atoms with Crippen LogP contribution in [0.3, 0.4) is 0 Å². The Morgan fingerprint density at radius 1 is 1.12 bits per heavy atom. The average Bonchev–Trinajstić information content (AvgIpc) is 3.18. The summed E-state index contributed by atoms with van der Waals surface area (Å²) >= 11 is 0. The number of piperidine rings is 1. The Balaban J connectivity index is 1.16. The summed E-state index contributed by atoms with van der Waals surface area (Å²) in [6.45, 7) is 2.65. The highest BCUT2D eigenvalue weighted by atomic mass is 16.2. The van der Waals surface area contributed by atoms with Crippen molar-refractivity contribution >= 4 is 27.7 Å². The highest BCUT2D eigenvalue weighted by molar-refractivity contribution is 6.09. The first-order valence-electron chi connectivity index (χ1n) is 11.5. The fourth-order valence-electron chi connectivity index (χ4n) is 5.56. The molecule has 1 amide bonds. The molecule has 3 heterocycles. The molecule has 0 unspecified atom stereocenters. The van der Waals surface area contributed by atoms with Crippen molar-refractivity contribution in [1.82, 2.24) is 24.8 Å². The van der Waals surface area contributed by atoms with E-state index in [2.05, 4.69) is 81.3 Å². The number of hydrogen-bond acceptors (Lipinski definition) is 3. The second-order valence-electron chi connectivity index (χ2n) is 9.69. The zero-order valence-electron chi connectivity index (χ0n) is 18.7. The molecule has 2 N–H and O–H groups in total. The summed E-state index contributed by atoms with van der Waals surface area (Å²) in [7, 11) is 4.27. The molecule has 32 heavy (non-hydrogen) atoms. The minimum atomic E-state index is 0.180. The highest BCUT2D eigenvalue weighted by Crippen LogP contribution is 2.59. The van der Waals surface area contributed by atoms with E-state index < -0.39 is 0 Å². The predicted molar refractivity (Wildman–Crippen MR) is 127 cm³/mol. The number of fused-ring (bicyclic) bond motifs is 3. The van der Waals surface area contributed by atoms with E-state index in [0.29, 0.717) is 6.54 Å². The predicted octanol–water partition coefficient (Wildman–Crippen LogP) is 4.07. The van der Waals surface area contributed by atoms with E-state index in [1.807, 2.05) is 6.20 Å². The molecule has 1 saturated carbocycles. The maximum absolute atomic E-state index is 12.7. The lowest BCUT2D eigenvalue weighted by molar-refractivity contribution is -0.123. The van der Waals surface area contributed by atoms with Gasteiger partial charge in [0.15, 0.2) is 0 Å². The number of likely N-dealkylation sites (tertiary alicyclic amines) is 1. The van der Waals surface area contributed by atoms with Gasteiger partial charge in [-0.05, 0) is 63.0 Å². The zero-order valence-corrected chi connectivity index (χ0v) is 18.7. The van der Waals surface area contributed by atoms with Crippen LogP contribution >= 0.6 is 0 Å². The molecule has 0 bridgehead atoms. The van der Waals surface area contributed by atoms with Gasteiger partial charge in [-0.1, -0.05) is 24.3 Å². The van der Waals surface area contributed by atoms with Crippen LogP contribution in [0, 0.1) is 11.3 Å². The van der Waals surface area contributed by atoms with E-state index in [0.717, 1.165) is 49.4 Å². The van der Waals surface area contributed by atoms with Crippen molar-refractivity contribution in [2.45, 2.75) is 25.8 Å². The van der Waals surface area contributed by atoms with Gasteiger partial charge in [0.25, 0.3) is 0 Å². The fourth-order valence-corrected chi connectivity index (χ4v) is 5.56. The van der Waals surface area contributed by atoms with Gasteiger partial charge < -0.3 is 19.8 Å². The number of imidazole rings is 1. The maximum Gasteiger partial charge on any atom is 0.224 e. The lowest BCUT2D eigenvalue weighted by atomic mass is 9.91. The third kappa shape index (κ3) is 3.13. The van der Waals surface area contributed by atoms with Crippen molar-refractivity contribution in [1.29, 1.82) is 0 Å². The molecule has 1 spiro atoms. The summed E-state index contributed by atoms with van der Waals surface area (Å²) in [5.74, 6) is 1.16. The van der Waals surface area contributed by atoms with Crippen LogP contribution in [-0.2, 0) is 18.4 Å². The number of para-hydroxylation sites is 1. The van der Waals surface area contributed by atoms with Gasteiger partial charge in [-0.3, -0.25) is 4.79 Å². The number of carbonyl (C=O) groups is 1. The Bertz CT molecular complexity index is 1320. The van der Waals surface area contributed by atoms with Gasteiger partial charge in [-0.15, -0.1) is 0 Å². The number of carbonyl (C=O) groups excluding carboxylic acids is 1. The zero-order chi connectivity index (χ0) is 21.9. The number of hydrogen-bond donors (Lipinski definition) is 2. The van der Waals surface area contributed by atoms with Crippen molar-refractivity contribution < 1.29 is 4.79 Å². The summed E-state index contributed by atoms with van der Waals surface area (Å²) in [4.78, 5) is 23.0. The summed E-state index contributed by atoms with van der Waals surface area (Å²) < 4.78 is 2.23. The summed E-state index contributed by atoms with van der Waals surface area (Å²) in [5, 5.41) is 5.61. The number of amides is 1. The van der Waals surface area contributed by atoms with Crippen LogP contribution in [0.1, 0.15) is 25.1 Å². The van der Waals surface area contributed by atoms with Gasteiger partial charge >= 0.3 is 0 Å². The molecule has 1 atom stereocenters. The quantitative estimate of drug-likeness (QED) is 0.516. The molecule has 2 aromatic carbocycles. The second-order valence-corrected chi connectivity index (χ2v) is 9.69. The Morgan fingerprint density at radius 2 is 1.91 bits per heavy atom. The molecule has 1 saturated heterocycles. The first-order chi connectivity index (χ1) is 15.5. The molecule has 1 aliphatic carbocycles. The molecule has 164 valence electrons. The van der Waals surface area contributed by atoms with Crippen LogP contribution < -0.4 is 5.32 Å². The number of H-pyrrole nitrogens is 1. The molecular weight excluding hydrogens is 398 g/mol. The van der Waals surface area contributed by atoms with Gasteiger partial charge in [0.1, 0.15) is 5.82 Å². The number of nitrogens with one attached hydrogen (secondary N) is 2. The summed E-state index contributed by atoms with van der Waals surface area (Å²) in [6, 6.07) is 15.0. The van der Waals surface area contributed by atoms with Crippen molar-refractivity contribution in [3.8, 4) is 11.3 Å². The van der Waals surface area contributed by atoms with Crippen LogP contribution in [-0.4, -0.2) is 45.5 Å². The molecule has 1 aliphatic heterocycles. The first kappa shape index (κ1) is 19.6. The van der Waals surface area contributed by atoms with Crippen LogP contribution in [0.2, 0.25) is 0 Å². The molecule has 6 rings (SSSR count). The number of aromatic amines is 1. The van der Waals surface area contributed by atoms with Gasteiger partial charge in [0, 0.05) is 40.3 Å². The Hall–Kier alpha value is -3.12. The molecule has 6 heteroatoms. The van der Waals surface area contributed by atoms with E-state index in [1.54, 1.807) is 0 Å². The number of rotatable bonds is 4. The van der Waals surface area contributed by atoms with Crippen LogP contribution in [0.4, 0.5) is 0 Å². The van der Waals surface area contributed by atoms with E-state index in [1.165, 1.54) is 21.8 Å². The van der Waals surface area contributed by atoms with Crippen molar-refractivity contribution in [2.24, 2.45) is 18.4 Å². The largest absolute Gasteiger partial charge is 0.349 e. The smallest absolute Gasteiger partial charge is 0.224 e. The molecule has 0 radical (unpaired) electrons. The number of benzene rings is 2. The minimum absolute atomic E-state index is 0.180. The van der Waals surface area contributed by atoms with E-state index >= 15 is 0 Å². The standard InChI is InChI=1S/C26H29N5O/c1-30-11-9-26(10-12-30)14-20(26)25(32)28-16-24-27-15-21(29-24)17-7-8-23-19(13-17)18-5-3-4-6-22(18)31(23)2/h3-8,13,15,20H,9-12,14,16H2,1-2H3,(H,27,29)(H,28,32)/t20-/m1/s1. The van der Waals surface area contributed by atoms with Gasteiger partial charge in [0.2, 0.25) is 5.91 Å². The molecule has 2 fully saturated rings. The molecular formula is C26H29N5O. The molecule has 6 nitrogen and oxygen atoms in total. The lowest BCUT2D eigenvalue weighted by Crippen LogP contribution is -2.34. The number of nitrogens with zero attached hydrogens (tertiary/aromatic N) is 3. The fraction of sp³-hybridized carbons (Fsp3) is 0.385. The molecule has 4 aromatic rings. The van der Waals surface area contributed by atoms with E-state index in [-0.39, 0.29) is 17.2 Å². The summed E-state index contributed by atoms with van der Waals surface area (Å²) in [5.41, 5.74) is 4.79. The Morgan fingerprint density at radius 3 is 2.75 bits per heavy atom. The highest BCUT2D eigenvalue weighted by Gasteiger charge is 2.58. The van der Waals surface area contributed by atoms with Gasteiger partial charge in [0.05, 0.1) is 18.4 Å². The molecule has 2 aromatic heterocycles. The third-order valence-corrected chi connectivity index (χ3v) is 7.77. The van der Waals surface area contributed by atoms with Crippen LogP contribution in [0.5, 0.6) is 0 Å².